The van der Waals surface area contributed by atoms with Gasteiger partial charge in [0.1, 0.15) is 5.65 Å². The summed E-state index contributed by atoms with van der Waals surface area (Å²) >= 11 is 0. The predicted molar refractivity (Wildman–Crippen MR) is 58.7 cm³/mol. The van der Waals surface area contributed by atoms with Gasteiger partial charge in [0.2, 0.25) is 0 Å². The summed E-state index contributed by atoms with van der Waals surface area (Å²) in [5, 5.41) is 3.35. The van der Waals surface area contributed by atoms with E-state index in [1.807, 2.05) is 0 Å². The van der Waals surface area contributed by atoms with Crippen molar-refractivity contribution in [2.24, 2.45) is 5.11 Å². The Kier molecular flexibility index (Phi) is 2.45. The van der Waals surface area contributed by atoms with E-state index in [-0.39, 0.29) is 12.1 Å². The van der Waals surface area contributed by atoms with E-state index in [9.17, 15) is 4.79 Å². The molecule has 0 aliphatic carbocycles. The highest BCUT2D eigenvalue weighted by atomic mass is 16.1. The zero-order valence-electron chi connectivity index (χ0n) is 8.24. The zero-order valence-corrected chi connectivity index (χ0v) is 8.24. The predicted octanol–water partition coefficient (Wildman–Crippen LogP) is 1.09. The van der Waals surface area contributed by atoms with Crippen LogP contribution in [0.3, 0.4) is 0 Å². The molecule has 80 valence electrons. The van der Waals surface area contributed by atoms with Crippen LogP contribution in [-0.4, -0.2) is 9.38 Å². The van der Waals surface area contributed by atoms with Crippen molar-refractivity contribution in [1.29, 1.82) is 0 Å². The second-order valence-electron chi connectivity index (χ2n) is 3.16. The molecular formula is C9H8N6O. The molecule has 16 heavy (non-hydrogen) atoms. The second-order valence-corrected chi connectivity index (χ2v) is 3.16. The Morgan fingerprint density at radius 3 is 3.12 bits per heavy atom. The van der Waals surface area contributed by atoms with E-state index in [1.165, 1.54) is 10.5 Å². The second kappa shape index (κ2) is 3.92. The van der Waals surface area contributed by atoms with Crippen LogP contribution in [-0.2, 0) is 6.54 Å². The van der Waals surface area contributed by atoms with Gasteiger partial charge in [-0.25, -0.2) is 4.98 Å². The molecule has 0 saturated carbocycles. The molecule has 0 aliphatic heterocycles. The van der Waals surface area contributed by atoms with Gasteiger partial charge in [0, 0.05) is 28.9 Å². The Morgan fingerprint density at radius 2 is 2.38 bits per heavy atom. The van der Waals surface area contributed by atoms with E-state index in [1.54, 1.807) is 18.3 Å². The van der Waals surface area contributed by atoms with Gasteiger partial charge in [-0.1, -0.05) is 5.11 Å². The van der Waals surface area contributed by atoms with Gasteiger partial charge in [-0.2, -0.15) is 0 Å². The third-order valence-corrected chi connectivity index (χ3v) is 2.04. The van der Waals surface area contributed by atoms with Gasteiger partial charge in [-0.15, -0.1) is 0 Å². The van der Waals surface area contributed by atoms with E-state index in [4.69, 9.17) is 11.3 Å². The van der Waals surface area contributed by atoms with Crippen molar-refractivity contribution < 1.29 is 0 Å². The maximum absolute atomic E-state index is 11.6. The van der Waals surface area contributed by atoms with Crippen molar-refractivity contribution in [3.63, 3.8) is 0 Å². The largest absolute Gasteiger partial charge is 0.399 e. The number of hydrogen-bond acceptors (Lipinski definition) is 4. The molecule has 0 aliphatic rings. The highest BCUT2D eigenvalue weighted by molar-refractivity contribution is 5.51. The number of azide groups is 1. The fourth-order valence-electron chi connectivity index (χ4n) is 1.35. The summed E-state index contributed by atoms with van der Waals surface area (Å²) in [7, 11) is 0. The maximum atomic E-state index is 11.6. The highest BCUT2D eigenvalue weighted by Gasteiger charge is 2.01. The Bertz CT molecular complexity index is 640. The molecule has 0 fully saturated rings. The first kappa shape index (κ1) is 10.0. The van der Waals surface area contributed by atoms with Crippen molar-refractivity contribution in [2.75, 3.05) is 5.73 Å². The van der Waals surface area contributed by atoms with Crippen molar-refractivity contribution in [2.45, 2.75) is 6.54 Å². The molecule has 0 spiro atoms. The number of aromatic nitrogens is 2. The van der Waals surface area contributed by atoms with Crippen LogP contribution < -0.4 is 11.3 Å². The lowest BCUT2D eigenvalue weighted by atomic mass is 10.3. The number of nitrogen functional groups attached to an aromatic ring is 1. The lowest BCUT2D eigenvalue weighted by Crippen LogP contribution is -2.15. The zero-order chi connectivity index (χ0) is 11.5. The van der Waals surface area contributed by atoms with E-state index in [0.717, 1.165) is 0 Å². The van der Waals surface area contributed by atoms with Crippen LogP contribution in [0.4, 0.5) is 5.69 Å². The maximum Gasteiger partial charge on any atom is 0.258 e. The number of anilines is 1. The third-order valence-electron chi connectivity index (χ3n) is 2.04. The molecule has 7 heteroatoms. The van der Waals surface area contributed by atoms with Gasteiger partial charge in [0.05, 0.1) is 12.2 Å². The molecule has 2 N–H and O–H groups in total. The Morgan fingerprint density at radius 1 is 1.56 bits per heavy atom. The molecule has 0 bridgehead atoms. The molecular weight excluding hydrogens is 208 g/mol. The smallest absolute Gasteiger partial charge is 0.258 e. The molecule has 0 atom stereocenters. The number of fused-ring (bicyclic) bond motifs is 1. The summed E-state index contributed by atoms with van der Waals surface area (Å²) in [5.41, 5.74) is 14.9. The fraction of sp³-hybridized carbons (Fsp3) is 0.111. The Labute approximate surface area is 89.8 Å². The van der Waals surface area contributed by atoms with E-state index in [2.05, 4.69) is 15.0 Å². The number of rotatable bonds is 2. The van der Waals surface area contributed by atoms with Crippen molar-refractivity contribution in [3.8, 4) is 0 Å². The van der Waals surface area contributed by atoms with E-state index in [0.29, 0.717) is 17.0 Å². The molecule has 2 aromatic heterocycles. The molecule has 2 heterocycles. The van der Waals surface area contributed by atoms with Crippen LogP contribution in [0.2, 0.25) is 0 Å². The summed E-state index contributed by atoms with van der Waals surface area (Å²) in [5.74, 6) is 0. The molecule has 0 amide bonds. The summed E-state index contributed by atoms with van der Waals surface area (Å²) in [4.78, 5) is 18.4. The van der Waals surface area contributed by atoms with Gasteiger partial charge >= 0.3 is 0 Å². The van der Waals surface area contributed by atoms with Crippen molar-refractivity contribution in [3.05, 3.63) is 50.9 Å². The van der Waals surface area contributed by atoms with E-state index < -0.39 is 0 Å². The van der Waals surface area contributed by atoms with Crippen LogP contribution in [0, 0.1) is 0 Å². The summed E-state index contributed by atoms with van der Waals surface area (Å²) in [6.45, 7) is 0.0526. The van der Waals surface area contributed by atoms with Gasteiger partial charge < -0.3 is 5.73 Å². The normalized spacial score (nSPS) is 10.0. The van der Waals surface area contributed by atoms with Gasteiger partial charge in [0.25, 0.3) is 5.56 Å². The van der Waals surface area contributed by atoms with Crippen LogP contribution in [0.25, 0.3) is 16.1 Å². The molecule has 0 radical (unpaired) electrons. The monoisotopic (exact) mass is 216 g/mol. The lowest BCUT2D eigenvalue weighted by molar-refractivity contribution is 0.935. The summed E-state index contributed by atoms with van der Waals surface area (Å²) in [6.07, 6.45) is 1.55. The standard InChI is InChI=1S/C9H8N6O/c10-6-1-2-15-8(3-6)13-7(4-9(15)16)5-12-14-11/h1-4H,5,10H2. The van der Waals surface area contributed by atoms with Crippen LogP contribution >= 0.6 is 0 Å². The van der Waals surface area contributed by atoms with Gasteiger partial charge in [-0.3, -0.25) is 9.20 Å². The highest BCUT2D eigenvalue weighted by Crippen LogP contribution is 2.05. The third kappa shape index (κ3) is 1.79. The molecule has 0 aromatic carbocycles. The molecule has 2 rings (SSSR count). The first-order chi connectivity index (χ1) is 7.70. The SMILES string of the molecule is [N-]=[N+]=NCc1cc(=O)n2ccc(N)cc2n1. The van der Waals surface area contributed by atoms with Crippen molar-refractivity contribution >= 4 is 11.3 Å². The topological polar surface area (TPSA) is 109 Å². The van der Waals surface area contributed by atoms with Crippen molar-refractivity contribution in [1.82, 2.24) is 9.38 Å². The summed E-state index contributed by atoms with van der Waals surface area (Å²) in [6, 6.07) is 4.53. The minimum Gasteiger partial charge on any atom is -0.399 e. The number of pyridine rings is 1. The molecule has 0 unspecified atom stereocenters. The average molecular weight is 216 g/mol. The first-order valence-electron chi connectivity index (χ1n) is 4.49. The van der Waals surface area contributed by atoms with Crippen LogP contribution in [0.15, 0.2) is 34.3 Å². The van der Waals surface area contributed by atoms with Crippen LogP contribution in [0.1, 0.15) is 5.69 Å². The average Bonchev–Trinajstić information content (AvgIpc) is 2.25. The van der Waals surface area contributed by atoms with Gasteiger partial charge in [0.15, 0.2) is 0 Å². The summed E-state index contributed by atoms with van der Waals surface area (Å²) < 4.78 is 1.37. The van der Waals surface area contributed by atoms with Gasteiger partial charge in [-0.05, 0) is 11.6 Å². The minimum atomic E-state index is -0.229. The molecule has 2 aromatic rings. The minimum absolute atomic E-state index is 0.0526. The lowest BCUT2D eigenvalue weighted by Gasteiger charge is -2.02. The number of nitrogens with two attached hydrogens (primary N) is 1. The number of nitrogens with zero attached hydrogens (tertiary/aromatic N) is 5. The molecule has 0 saturated heterocycles. The van der Waals surface area contributed by atoms with E-state index >= 15 is 0 Å². The van der Waals surface area contributed by atoms with Crippen LogP contribution in [0.5, 0.6) is 0 Å². The fourth-order valence-corrected chi connectivity index (χ4v) is 1.35. The Balaban J connectivity index is 2.64. The quantitative estimate of drug-likeness (QED) is 0.460. The molecule has 7 nitrogen and oxygen atoms in total. The number of hydrogen-bond donors (Lipinski definition) is 1. The Hall–Kier alpha value is -2.53. The first-order valence-corrected chi connectivity index (χ1v) is 4.49.